The molecular weight excluding hydrogens is 335 g/mol. The number of esters is 1. The van der Waals surface area contributed by atoms with Gasteiger partial charge >= 0.3 is 18.1 Å². The van der Waals surface area contributed by atoms with Gasteiger partial charge in [-0.05, 0) is 30.3 Å². The van der Waals surface area contributed by atoms with E-state index in [0.717, 1.165) is 4.90 Å². The molecule has 0 aliphatic heterocycles. The van der Waals surface area contributed by atoms with E-state index in [9.17, 15) is 22.8 Å². The zero-order valence-electron chi connectivity index (χ0n) is 12.9. The zero-order valence-corrected chi connectivity index (χ0v) is 12.9. The number of carbonyl (C=O) groups excluding carboxylic acids is 2. The molecule has 0 fully saturated rings. The van der Waals surface area contributed by atoms with Gasteiger partial charge in [-0.15, -0.1) is 0 Å². The third kappa shape index (κ3) is 5.49. The van der Waals surface area contributed by atoms with Crippen LogP contribution >= 0.6 is 0 Å². The normalized spacial score (nSPS) is 11.3. The van der Waals surface area contributed by atoms with Gasteiger partial charge in [0.05, 0.1) is 0 Å². The van der Waals surface area contributed by atoms with Crippen LogP contribution in [0.25, 0.3) is 0 Å². The molecular formula is C18H14F3NO3. The first kappa shape index (κ1) is 18.3. The number of para-hydroxylation sites is 2. The fraction of sp³-hybridized carbons (Fsp3) is 0.111. The van der Waals surface area contributed by atoms with E-state index >= 15 is 0 Å². The van der Waals surface area contributed by atoms with Gasteiger partial charge in [0.25, 0.3) is 0 Å². The summed E-state index contributed by atoms with van der Waals surface area (Å²) in [6, 6.07) is 16.8. The Morgan fingerprint density at radius 2 is 1.40 bits per heavy atom. The lowest BCUT2D eigenvalue weighted by molar-refractivity contribution is -0.152. The van der Waals surface area contributed by atoms with Crippen LogP contribution in [0.2, 0.25) is 0 Å². The van der Waals surface area contributed by atoms with Crippen LogP contribution in [0.5, 0.6) is 0 Å². The number of anilines is 2. The van der Waals surface area contributed by atoms with Crippen molar-refractivity contribution in [1.29, 1.82) is 0 Å². The Labute approximate surface area is 142 Å². The minimum Gasteiger partial charge on any atom is -0.454 e. The number of amides is 1. The van der Waals surface area contributed by atoms with Gasteiger partial charge in [-0.25, -0.2) is 4.79 Å². The smallest absolute Gasteiger partial charge is 0.409 e. The van der Waals surface area contributed by atoms with E-state index in [2.05, 4.69) is 4.74 Å². The average Bonchev–Trinajstić information content (AvgIpc) is 2.60. The molecule has 0 aliphatic carbocycles. The number of alkyl halides is 3. The second kappa shape index (κ2) is 8.14. The molecule has 2 rings (SSSR count). The molecule has 0 unspecified atom stereocenters. The molecule has 25 heavy (non-hydrogen) atoms. The molecule has 0 spiro atoms. The lowest BCUT2D eigenvalue weighted by atomic mass is 10.2. The fourth-order valence-corrected chi connectivity index (χ4v) is 2.00. The van der Waals surface area contributed by atoms with Crippen LogP contribution in [-0.4, -0.2) is 24.7 Å². The molecule has 0 saturated carbocycles. The topological polar surface area (TPSA) is 46.6 Å². The van der Waals surface area contributed by atoms with Crippen molar-refractivity contribution in [3.63, 3.8) is 0 Å². The van der Waals surface area contributed by atoms with E-state index in [1.165, 1.54) is 0 Å². The summed E-state index contributed by atoms with van der Waals surface area (Å²) in [4.78, 5) is 25.5. The highest BCUT2D eigenvalue weighted by Crippen LogP contribution is 2.25. The summed E-state index contributed by atoms with van der Waals surface area (Å²) in [5.41, 5.74) is 0.864. The molecule has 0 N–H and O–H groups in total. The lowest BCUT2D eigenvalue weighted by Crippen LogP contribution is -2.34. The summed E-state index contributed by atoms with van der Waals surface area (Å²) in [6.45, 7) is -0.651. The molecule has 0 aliphatic rings. The first-order valence-corrected chi connectivity index (χ1v) is 7.24. The van der Waals surface area contributed by atoms with Crippen molar-refractivity contribution in [3.05, 3.63) is 72.8 Å². The van der Waals surface area contributed by atoms with E-state index in [1.807, 2.05) is 0 Å². The Hall–Kier alpha value is -3.09. The Morgan fingerprint density at radius 1 is 0.920 bits per heavy atom. The second-order valence-corrected chi connectivity index (χ2v) is 4.85. The number of ether oxygens (including phenoxy) is 1. The molecule has 7 heteroatoms. The largest absolute Gasteiger partial charge is 0.454 e. The van der Waals surface area contributed by atoms with E-state index in [0.29, 0.717) is 17.5 Å². The molecule has 0 radical (unpaired) electrons. The molecule has 4 nitrogen and oxygen atoms in total. The Morgan fingerprint density at radius 3 is 1.84 bits per heavy atom. The van der Waals surface area contributed by atoms with Crippen LogP contribution in [-0.2, 0) is 14.3 Å². The molecule has 0 saturated heterocycles. The molecule has 0 aromatic heterocycles. The fourth-order valence-electron chi connectivity index (χ4n) is 2.00. The second-order valence-electron chi connectivity index (χ2n) is 4.85. The summed E-state index contributed by atoms with van der Waals surface area (Å²) < 4.78 is 40.6. The number of hydrogen-bond acceptors (Lipinski definition) is 3. The van der Waals surface area contributed by atoms with Crippen LogP contribution < -0.4 is 4.90 Å². The number of carbonyl (C=O) groups is 2. The van der Waals surface area contributed by atoms with E-state index in [-0.39, 0.29) is 6.08 Å². The number of nitrogens with zero attached hydrogens (tertiary/aromatic N) is 1. The van der Waals surface area contributed by atoms with Crippen molar-refractivity contribution in [1.82, 2.24) is 0 Å². The van der Waals surface area contributed by atoms with Gasteiger partial charge < -0.3 is 4.74 Å². The molecule has 0 bridgehead atoms. The van der Waals surface area contributed by atoms with Crippen molar-refractivity contribution in [3.8, 4) is 0 Å². The highest BCUT2D eigenvalue weighted by atomic mass is 19.4. The maximum Gasteiger partial charge on any atom is 0.409 e. The number of rotatable bonds is 4. The summed E-state index contributed by atoms with van der Waals surface area (Å²) in [7, 11) is 0. The van der Waals surface area contributed by atoms with Crippen molar-refractivity contribution >= 4 is 23.3 Å². The van der Waals surface area contributed by atoms with Gasteiger partial charge in [0.1, 0.15) is 6.61 Å². The zero-order chi connectivity index (χ0) is 18.3. The van der Waals surface area contributed by atoms with Gasteiger partial charge in [0.2, 0.25) is 0 Å². The molecule has 1 amide bonds. The van der Waals surface area contributed by atoms with Crippen molar-refractivity contribution in [2.24, 2.45) is 0 Å². The Balaban J connectivity index is 2.16. The predicted molar refractivity (Wildman–Crippen MR) is 86.2 cm³/mol. The minimum absolute atomic E-state index is 0.0586. The van der Waals surface area contributed by atoms with E-state index in [1.54, 1.807) is 60.7 Å². The van der Waals surface area contributed by atoms with E-state index in [4.69, 9.17) is 0 Å². The number of allylic oxidation sites excluding steroid dienone is 1. The standard InChI is InChI=1S/C18H14F3NO3/c19-18(20,21)12-7-13-25-17(24)16(23)22(14-8-3-1-4-9-14)15-10-5-2-6-11-15/h1-12H,13H2/b12-7+. The SMILES string of the molecule is O=C(OC/C=C/C(F)(F)F)C(=O)N(c1ccccc1)c1ccccc1. The third-order valence-electron chi connectivity index (χ3n) is 3.02. The maximum absolute atomic E-state index is 12.4. The van der Waals surface area contributed by atoms with Gasteiger partial charge in [-0.3, -0.25) is 9.69 Å². The van der Waals surface area contributed by atoms with Crippen LogP contribution in [0.3, 0.4) is 0 Å². The summed E-state index contributed by atoms with van der Waals surface area (Å²) in [5.74, 6) is -2.25. The summed E-state index contributed by atoms with van der Waals surface area (Å²) >= 11 is 0. The minimum atomic E-state index is -4.50. The van der Waals surface area contributed by atoms with Gasteiger partial charge in [0.15, 0.2) is 0 Å². The quantitative estimate of drug-likeness (QED) is 0.476. The maximum atomic E-state index is 12.4. The highest BCUT2D eigenvalue weighted by molar-refractivity contribution is 6.39. The van der Waals surface area contributed by atoms with Crippen LogP contribution in [0.15, 0.2) is 72.8 Å². The lowest BCUT2D eigenvalue weighted by Gasteiger charge is -2.21. The van der Waals surface area contributed by atoms with Gasteiger partial charge in [-0.1, -0.05) is 36.4 Å². The van der Waals surface area contributed by atoms with Gasteiger partial charge in [0, 0.05) is 17.5 Å². The van der Waals surface area contributed by atoms with Crippen LogP contribution in [0, 0.1) is 0 Å². The highest BCUT2D eigenvalue weighted by Gasteiger charge is 2.26. The first-order chi connectivity index (χ1) is 11.9. The summed E-state index contributed by atoms with van der Waals surface area (Å²) in [6.07, 6.45) is -3.94. The number of halogens is 3. The number of benzene rings is 2. The predicted octanol–water partition coefficient (Wildman–Crippen LogP) is 4.01. The summed E-state index contributed by atoms with van der Waals surface area (Å²) in [5, 5.41) is 0. The van der Waals surface area contributed by atoms with Crippen molar-refractivity contribution < 1.29 is 27.5 Å². The van der Waals surface area contributed by atoms with Crippen LogP contribution in [0.1, 0.15) is 0 Å². The van der Waals surface area contributed by atoms with Gasteiger partial charge in [-0.2, -0.15) is 13.2 Å². The third-order valence-corrected chi connectivity index (χ3v) is 3.02. The van der Waals surface area contributed by atoms with Crippen molar-refractivity contribution in [2.45, 2.75) is 6.18 Å². The van der Waals surface area contributed by atoms with E-state index < -0.39 is 24.7 Å². The molecule has 0 atom stereocenters. The molecule has 130 valence electrons. The average molecular weight is 349 g/mol. The monoisotopic (exact) mass is 349 g/mol. The molecule has 2 aromatic carbocycles. The Kier molecular flexibility index (Phi) is 5.94. The Bertz CT molecular complexity index is 704. The van der Waals surface area contributed by atoms with Crippen molar-refractivity contribution in [2.75, 3.05) is 11.5 Å². The van der Waals surface area contributed by atoms with Crippen LogP contribution in [0.4, 0.5) is 24.5 Å². The molecule has 0 heterocycles. The first-order valence-electron chi connectivity index (χ1n) is 7.24. The number of hydrogen-bond donors (Lipinski definition) is 0. The molecule has 2 aromatic rings.